The summed E-state index contributed by atoms with van der Waals surface area (Å²) in [5.41, 5.74) is 1.55. The third-order valence-electron chi connectivity index (χ3n) is 4.43. The van der Waals surface area contributed by atoms with E-state index in [1.165, 1.54) is 12.0 Å². The number of likely N-dealkylation sites (N-methyl/N-ethyl adjacent to an activating group) is 1. The van der Waals surface area contributed by atoms with Crippen LogP contribution in [-0.4, -0.2) is 62.6 Å². The number of guanidine groups is 1. The monoisotopic (exact) mass is 474 g/mol. The Morgan fingerprint density at radius 3 is 2.73 bits per heavy atom. The number of halogens is 1. The molecule has 0 atom stereocenters. The molecular formula is C20H35IN4O. The minimum atomic E-state index is 0. The van der Waals surface area contributed by atoms with Gasteiger partial charge in [0.2, 0.25) is 0 Å². The summed E-state index contributed by atoms with van der Waals surface area (Å²) in [6.45, 7) is 12.1. The van der Waals surface area contributed by atoms with E-state index in [9.17, 15) is 0 Å². The molecule has 1 saturated heterocycles. The molecule has 1 aromatic carbocycles. The Hall–Kier alpha value is -1.02. The van der Waals surface area contributed by atoms with Crippen LogP contribution >= 0.6 is 24.0 Å². The maximum Gasteiger partial charge on any atom is 0.194 e. The SMILES string of the molecule is CCNC(=NCc1cccc(OCCN(C)C)c1)N1CCC(C)(C)C1.I. The topological polar surface area (TPSA) is 40.1 Å². The van der Waals surface area contributed by atoms with Crippen LogP contribution in [-0.2, 0) is 6.54 Å². The van der Waals surface area contributed by atoms with Crippen molar-refractivity contribution >= 4 is 29.9 Å². The first-order valence-electron chi connectivity index (χ1n) is 9.29. The first-order chi connectivity index (χ1) is 11.9. The zero-order valence-electron chi connectivity index (χ0n) is 16.9. The average Bonchev–Trinajstić information content (AvgIpc) is 2.91. The van der Waals surface area contributed by atoms with Crippen molar-refractivity contribution in [3.05, 3.63) is 29.8 Å². The zero-order valence-corrected chi connectivity index (χ0v) is 19.2. The predicted octanol–water partition coefficient (Wildman–Crippen LogP) is 3.44. The lowest BCUT2D eigenvalue weighted by atomic mass is 9.93. The highest BCUT2D eigenvalue weighted by Gasteiger charge is 2.30. The molecule has 0 saturated carbocycles. The summed E-state index contributed by atoms with van der Waals surface area (Å²) in [7, 11) is 4.10. The van der Waals surface area contributed by atoms with Crippen LogP contribution in [0, 0.1) is 5.41 Å². The van der Waals surface area contributed by atoms with Gasteiger partial charge in [0.1, 0.15) is 12.4 Å². The van der Waals surface area contributed by atoms with E-state index in [0.717, 1.165) is 37.9 Å². The smallest absolute Gasteiger partial charge is 0.194 e. The lowest BCUT2D eigenvalue weighted by Crippen LogP contribution is -2.40. The minimum Gasteiger partial charge on any atom is -0.492 e. The number of likely N-dealkylation sites (tertiary alicyclic amines) is 1. The van der Waals surface area contributed by atoms with E-state index >= 15 is 0 Å². The Morgan fingerprint density at radius 1 is 1.35 bits per heavy atom. The third-order valence-corrected chi connectivity index (χ3v) is 4.43. The number of nitrogens with one attached hydrogen (secondary N) is 1. The Morgan fingerprint density at radius 2 is 2.12 bits per heavy atom. The lowest BCUT2D eigenvalue weighted by molar-refractivity contribution is 0.261. The fourth-order valence-corrected chi connectivity index (χ4v) is 2.96. The quantitative estimate of drug-likeness (QED) is 0.374. The van der Waals surface area contributed by atoms with Gasteiger partial charge in [-0.1, -0.05) is 26.0 Å². The standard InChI is InChI=1S/C20H34N4O.HI/c1-6-21-19(24-11-10-20(2,3)16-24)22-15-17-8-7-9-18(14-17)25-13-12-23(4)5;/h7-9,14H,6,10-13,15-16H2,1-5H3,(H,21,22);1H. The highest BCUT2D eigenvalue weighted by Crippen LogP contribution is 2.28. The van der Waals surface area contributed by atoms with E-state index in [2.05, 4.69) is 62.1 Å². The molecule has 2 rings (SSSR count). The summed E-state index contributed by atoms with van der Waals surface area (Å²) < 4.78 is 5.82. The van der Waals surface area contributed by atoms with Crippen molar-refractivity contribution in [2.24, 2.45) is 10.4 Å². The zero-order chi connectivity index (χ0) is 18.3. The highest BCUT2D eigenvalue weighted by atomic mass is 127. The molecule has 5 nitrogen and oxygen atoms in total. The van der Waals surface area contributed by atoms with Gasteiger partial charge in [0.25, 0.3) is 0 Å². The Bertz CT molecular complexity index is 575. The number of nitrogens with zero attached hydrogens (tertiary/aromatic N) is 3. The van der Waals surface area contributed by atoms with Gasteiger partial charge in [-0.05, 0) is 50.6 Å². The Balaban J connectivity index is 0.00000338. The van der Waals surface area contributed by atoms with Gasteiger partial charge in [0.15, 0.2) is 5.96 Å². The molecule has 1 N–H and O–H groups in total. The van der Waals surface area contributed by atoms with Crippen LogP contribution in [0.4, 0.5) is 0 Å². The fourth-order valence-electron chi connectivity index (χ4n) is 2.96. The number of aliphatic imine (C=N–C) groups is 1. The molecule has 1 aromatic rings. The maximum absolute atomic E-state index is 5.82. The van der Waals surface area contributed by atoms with Crippen molar-refractivity contribution in [1.29, 1.82) is 0 Å². The van der Waals surface area contributed by atoms with Crippen molar-refractivity contribution in [3.8, 4) is 5.75 Å². The van der Waals surface area contributed by atoms with Crippen LogP contribution in [0.2, 0.25) is 0 Å². The molecule has 6 heteroatoms. The summed E-state index contributed by atoms with van der Waals surface area (Å²) in [6.07, 6.45) is 1.21. The molecule has 148 valence electrons. The van der Waals surface area contributed by atoms with E-state index in [0.29, 0.717) is 18.6 Å². The Kier molecular flexibility index (Phi) is 9.71. The summed E-state index contributed by atoms with van der Waals surface area (Å²) >= 11 is 0. The van der Waals surface area contributed by atoms with Crippen molar-refractivity contribution in [3.63, 3.8) is 0 Å². The molecule has 1 fully saturated rings. The number of rotatable bonds is 7. The van der Waals surface area contributed by atoms with Gasteiger partial charge >= 0.3 is 0 Å². The van der Waals surface area contributed by atoms with E-state index < -0.39 is 0 Å². The molecule has 0 unspecified atom stereocenters. The fraction of sp³-hybridized carbons (Fsp3) is 0.650. The number of benzene rings is 1. The molecular weight excluding hydrogens is 439 g/mol. The lowest BCUT2D eigenvalue weighted by Gasteiger charge is -2.23. The summed E-state index contributed by atoms with van der Waals surface area (Å²) in [5, 5.41) is 3.43. The molecule has 1 aliphatic rings. The van der Waals surface area contributed by atoms with Gasteiger partial charge in [-0.3, -0.25) is 0 Å². The van der Waals surface area contributed by atoms with Gasteiger partial charge in [-0.15, -0.1) is 24.0 Å². The number of hydrogen-bond donors (Lipinski definition) is 1. The summed E-state index contributed by atoms with van der Waals surface area (Å²) in [5.74, 6) is 1.94. The average molecular weight is 474 g/mol. The molecule has 0 spiro atoms. The van der Waals surface area contributed by atoms with Crippen molar-refractivity contribution in [1.82, 2.24) is 15.1 Å². The third kappa shape index (κ3) is 7.70. The highest BCUT2D eigenvalue weighted by molar-refractivity contribution is 14.0. The second-order valence-electron chi connectivity index (χ2n) is 7.81. The van der Waals surface area contributed by atoms with Crippen LogP contribution in [0.5, 0.6) is 5.75 Å². The van der Waals surface area contributed by atoms with Gasteiger partial charge in [0.05, 0.1) is 6.54 Å². The molecule has 26 heavy (non-hydrogen) atoms. The first-order valence-corrected chi connectivity index (χ1v) is 9.29. The largest absolute Gasteiger partial charge is 0.492 e. The maximum atomic E-state index is 5.82. The number of ether oxygens (including phenoxy) is 1. The summed E-state index contributed by atoms with van der Waals surface area (Å²) in [4.78, 5) is 9.34. The van der Waals surface area contributed by atoms with Crippen molar-refractivity contribution < 1.29 is 4.74 Å². The second kappa shape index (κ2) is 11.0. The van der Waals surface area contributed by atoms with Crippen molar-refractivity contribution in [2.75, 3.05) is 46.9 Å². The van der Waals surface area contributed by atoms with Crippen LogP contribution < -0.4 is 10.1 Å². The normalized spacial score (nSPS) is 16.5. The van der Waals surface area contributed by atoms with Crippen LogP contribution in [0.3, 0.4) is 0 Å². The van der Waals surface area contributed by atoms with Gasteiger partial charge in [-0.2, -0.15) is 0 Å². The Labute approximate surface area is 176 Å². The molecule has 1 aliphatic heterocycles. The molecule has 0 aromatic heterocycles. The molecule has 0 bridgehead atoms. The van der Waals surface area contributed by atoms with E-state index in [-0.39, 0.29) is 24.0 Å². The van der Waals surface area contributed by atoms with Crippen molar-refractivity contribution in [2.45, 2.75) is 33.7 Å². The predicted molar refractivity (Wildman–Crippen MR) is 121 cm³/mol. The summed E-state index contributed by atoms with van der Waals surface area (Å²) in [6, 6.07) is 8.26. The molecule has 0 aliphatic carbocycles. The second-order valence-corrected chi connectivity index (χ2v) is 7.81. The van der Waals surface area contributed by atoms with Crippen LogP contribution in [0.15, 0.2) is 29.3 Å². The van der Waals surface area contributed by atoms with Gasteiger partial charge in [-0.25, -0.2) is 4.99 Å². The number of hydrogen-bond acceptors (Lipinski definition) is 3. The molecule has 0 radical (unpaired) electrons. The first kappa shape index (κ1) is 23.0. The van der Waals surface area contributed by atoms with Crippen LogP contribution in [0.25, 0.3) is 0 Å². The minimum absolute atomic E-state index is 0. The van der Waals surface area contributed by atoms with E-state index in [1.54, 1.807) is 0 Å². The van der Waals surface area contributed by atoms with Crippen LogP contribution in [0.1, 0.15) is 32.8 Å². The van der Waals surface area contributed by atoms with Gasteiger partial charge < -0.3 is 19.9 Å². The van der Waals surface area contributed by atoms with E-state index in [1.807, 2.05) is 12.1 Å². The molecule has 1 heterocycles. The van der Waals surface area contributed by atoms with E-state index in [4.69, 9.17) is 9.73 Å². The van der Waals surface area contributed by atoms with Gasteiger partial charge in [0, 0.05) is 26.2 Å². The molecule has 0 amide bonds.